The number of piperazine rings is 1. The molecule has 36 heteroatoms. The number of methoxy groups -OCH3 is 1. The maximum absolute atomic E-state index is 15.2. The molecule has 0 amide bonds. The summed E-state index contributed by atoms with van der Waals surface area (Å²) in [5.41, 5.74) is 15.7. The molecule has 0 bridgehead atoms. The van der Waals surface area contributed by atoms with Crippen LogP contribution < -0.4 is 28.4 Å². The SMILES string of the molecule is COC1CCN(Cc2ccc(/C(F)=C/c3[nH]nc4ccc(O[C@H](C)c5c(C)cncc5Cl)cc34)cn2)C1.Cc1cncc(Cl)c1[C@@H](C)Oc1ccc2n[nH]c(/C=C(\F)c3ccc(CN4CCN(C)CC4)nc3)c2c1.Cc1cncc(Cl)c1[C@@H](C)Oc1ccc2n[nH]c(/C=C(\F)c3ccc(OC4CCOCC4)nc3)c2c1.Cc1cncc(Cl)c1[C@@H](C)Oc1ccc2n[nH]c(/C=C(\F)c3ccc(O[C@H]4CCOC4)nc3)c2c1. The number of nitrogens with one attached hydrogen (secondary N) is 4. The smallest absolute Gasteiger partial charge is 0.213 e. The molecule has 0 spiro atoms. The van der Waals surface area contributed by atoms with Gasteiger partial charge in [0, 0.05) is 256 Å². The summed E-state index contributed by atoms with van der Waals surface area (Å²) >= 11 is 25.4. The van der Waals surface area contributed by atoms with Gasteiger partial charge in [0.05, 0.1) is 109 Å². The molecule has 4 fully saturated rings. The van der Waals surface area contributed by atoms with Crippen molar-refractivity contribution in [2.75, 3.05) is 79.9 Å². The first kappa shape index (κ1) is 103. The monoisotopic (exact) mass is 2040 g/mol. The number of benzene rings is 4. The second-order valence-electron chi connectivity index (χ2n) is 36.0. The molecule has 1 unspecified atom stereocenters. The standard InChI is InChI=1S/C28H30ClFN6O.C28H29ClFN5O2.C27H26ClFN4O3.C26H24ClFN4O3/c1-18-14-31-16-24(29)28(18)19(2)37-22-6-7-26-23(12-22)27(34-33-26)13-25(30)20-4-5-21(32-15-20)17-36-10-8-35(3)9-11-36;1-17-12-31-14-24(29)28(17)18(2)37-21-6-7-26-23(10-21)27(34-33-26)11-25(30)19-4-5-20(32-13-19)15-35-9-8-22(16-35)36-3;1-16-13-30-15-22(28)27(16)17(2)35-20-4-5-24-21(11-20)25(33-32-24)12-23(29)18-3-6-26(31-14-18)36-19-7-9-34-10-8-19;1-15-11-29-13-21(27)26(15)16(2)34-18-4-5-23-20(9-18)24(32-31-23)10-22(28)17-3-6-25(30-12-17)35-19-7-8-33-14-19/h4-7,12-16,19H,8-11,17H2,1-3H3,(H,33,34);4-7,10-14,18,22H,8-9,15-16H2,1-3H3,(H,33,34);3-6,11-15,17,19H,7-10H2,1-2H3,(H,32,33);3-6,9-13,16,19H,7-8,14H2,1-2H3,(H,31,32)/b25-13-;25-11-;23-12-;22-10-/t19-;18-,22?;17-;16-,19+/m1111/s1. The van der Waals surface area contributed by atoms with Gasteiger partial charge in [-0.25, -0.2) is 27.5 Å². The van der Waals surface area contributed by atoms with Crippen molar-refractivity contribution in [2.45, 2.75) is 137 Å². The van der Waals surface area contributed by atoms with Crippen LogP contribution in [0.25, 0.3) is 91.2 Å². The average molecular weight is 2050 g/mol. The summed E-state index contributed by atoms with van der Waals surface area (Å²) in [5.74, 6) is 1.76. The van der Waals surface area contributed by atoms with Crippen LogP contribution in [0.2, 0.25) is 20.1 Å². The van der Waals surface area contributed by atoms with E-state index in [-0.39, 0.29) is 48.6 Å². The largest absolute Gasteiger partial charge is 0.486 e. The minimum atomic E-state index is -0.447. The van der Waals surface area contributed by atoms with Crippen LogP contribution in [0, 0.1) is 27.7 Å². The topological polar surface area (TPSA) is 311 Å². The predicted molar refractivity (Wildman–Crippen MR) is 557 cm³/mol. The van der Waals surface area contributed by atoms with E-state index >= 15 is 17.6 Å². The van der Waals surface area contributed by atoms with Crippen molar-refractivity contribution in [3.05, 3.63) is 317 Å². The Morgan fingerprint density at radius 3 is 1.01 bits per heavy atom. The molecule has 4 saturated heterocycles. The Morgan fingerprint density at radius 2 is 0.703 bits per heavy atom. The Balaban J connectivity index is 0.000000132. The van der Waals surface area contributed by atoms with Gasteiger partial charge in [-0.15, -0.1) is 0 Å². The van der Waals surface area contributed by atoms with E-state index in [0.29, 0.717) is 143 Å². The van der Waals surface area contributed by atoms with E-state index in [1.807, 2.05) is 140 Å². The Kier molecular flexibility index (Phi) is 34.0. The van der Waals surface area contributed by atoms with Crippen molar-refractivity contribution in [1.29, 1.82) is 0 Å². The highest BCUT2D eigenvalue weighted by Crippen LogP contribution is 2.40. The number of aromatic amines is 4. The van der Waals surface area contributed by atoms with Gasteiger partial charge >= 0.3 is 0 Å². The molecule has 12 aromatic heterocycles. The van der Waals surface area contributed by atoms with Crippen molar-refractivity contribution in [3.63, 3.8) is 0 Å². The van der Waals surface area contributed by atoms with Gasteiger partial charge in [-0.3, -0.25) is 60.1 Å². The maximum Gasteiger partial charge on any atom is 0.213 e. The number of ether oxygens (including phenoxy) is 9. The number of likely N-dealkylation sites (tertiary alicyclic amines) is 1. The fraction of sp³-hybridized carbons (Fsp3) is 0.303. The first-order valence-corrected chi connectivity index (χ1v) is 49.2. The first-order chi connectivity index (χ1) is 70.2. The summed E-state index contributed by atoms with van der Waals surface area (Å²) in [6, 6.07) is 36.0. The Hall–Kier alpha value is -13.6. The Bertz CT molecular complexity index is 7020. The third-order valence-corrected chi connectivity index (χ3v) is 26.7. The van der Waals surface area contributed by atoms with Gasteiger partial charge in [-0.2, -0.15) is 20.4 Å². The van der Waals surface area contributed by atoms with Crippen LogP contribution in [-0.2, 0) is 27.3 Å². The molecule has 0 radical (unpaired) electrons. The summed E-state index contributed by atoms with van der Waals surface area (Å²) in [6.45, 7) is 25.6. The first-order valence-electron chi connectivity index (χ1n) is 47.7. The second-order valence-corrected chi connectivity index (χ2v) is 37.7. The van der Waals surface area contributed by atoms with E-state index in [2.05, 4.69) is 102 Å². The molecule has 750 valence electrons. The zero-order chi connectivity index (χ0) is 101. The Morgan fingerprint density at radius 1 is 0.379 bits per heavy atom. The zero-order valence-electron chi connectivity index (χ0n) is 81.5. The van der Waals surface area contributed by atoms with Gasteiger partial charge in [0.1, 0.15) is 82.9 Å². The molecule has 6 atom stereocenters. The molecule has 4 aliphatic rings. The number of fused-ring (bicyclic) bond motifs is 4. The van der Waals surface area contributed by atoms with Gasteiger partial charge in [0.25, 0.3) is 0 Å². The highest BCUT2D eigenvalue weighted by atomic mass is 35.5. The van der Waals surface area contributed by atoms with Crippen LogP contribution in [-0.4, -0.2) is 194 Å². The third-order valence-electron chi connectivity index (χ3n) is 25.5. The van der Waals surface area contributed by atoms with Crippen molar-refractivity contribution in [1.82, 2.24) is 95.4 Å². The molecule has 0 saturated carbocycles. The summed E-state index contributed by atoms with van der Waals surface area (Å²) in [7, 11) is 3.88. The lowest BCUT2D eigenvalue weighted by Crippen LogP contribution is -2.43. The van der Waals surface area contributed by atoms with E-state index in [0.717, 1.165) is 161 Å². The number of likely N-dealkylation sites (N-methyl/N-ethyl adjacent to an activating group) is 1. The van der Waals surface area contributed by atoms with Gasteiger partial charge < -0.3 is 47.5 Å². The van der Waals surface area contributed by atoms with Crippen LogP contribution >= 0.6 is 46.4 Å². The van der Waals surface area contributed by atoms with Crippen LogP contribution in [0.5, 0.6) is 34.8 Å². The van der Waals surface area contributed by atoms with Gasteiger partial charge in [0.15, 0.2) is 0 Å². The highest BCUT2D eigenvalue weighted by Gasteiger charge is 2.28. The molecule has 4 N–H and O–H groups in total. The molecule has 16 heterocycles. The van der Waals surface area contributed by atoms with Crippen LogP contribution in [0.1, 0.15) is 179 Å². The fourth-order valence-corrected chi connectivity index (χ4v) is 19.2. The lowest BCUT2D eigenvalue weighted by molar-refractivity contribution is 0.0237. The number of hydrogen-bond acceptors (Lipinski definition) is 24. The van der Waals surface area contributed by atoms with Crippen LogP contribution in [0.4, 0.5) is 17.6 Å². The number of nitrogens with zero attached hydrogens (tertiary/aromatic N) is 15. The summed E-state index contributed by atoms with van der Waals surface area (Å²) in [4.78, 5) is 40.9. The minimum absolute atomic E-state index is 0.0114. The van der Waals surface area contributed by atoms with Crippen molar-refractivity contribution >= 4 is 138 Å². The predicted octanol–water partition coefficient (Wildman–Crippen LogP) is 24.4. The lowest BCUT2D eigenvalue weighted by Gasteiger charge is -2.32. The van der Waals surface area contributed by atoms with E-state index in [1.54, 1.807) is 105 Å². The quantitative estimate of drug-likeness (QED) is 0.0317. The number of rotatable bonds is 29. The number of pyridine rings is 8. The number of aryl methyl sites for hydroxylation is 4. The van der Waals surface area contributed by atoms with Gasteiger partial charge in [0.2, 0.25) is 11.8 Å². The summed E-state index contributed by atoms with van der Waals surface area (Å²) in [6.07, 6.45) is 27.9. The van der Waals surface area contributed by atoms with E-state index in [4.69, 9.17) is 89.0 Å². The molecule has 145 heavy (non-hydrogen) atoms. The zero-order valence-corrected chi connectivity index (χ0v) is 84.6. The number of hydrogen-bond donors (Lipinski definition) is 4. The normalized spacial score (nSPS) is 16.6. The lowest BCUT2D eigenvalue weighted by atomic mass is 10.1. The van der Waals surface area contributed by atoms with Gasteiger partial charge in [-0.1, -0.05) is 46.4 Å². The van der Waals surface area contributed by atoms with Crippen molar-refractivity contribution < 1.29 is 60.2 Å². The van der Waals surface area contributed by atoms with E-state index < -0.39 is 17.5 Å². The second kappa shape index (κ2) is 47.9. The van der Waals surface area contributed by atoms with Crippen LogP contribution in [0.3, 0.4) is 0 Å². The molecule has 0 aliphatic carbocycles. The fourth-order valence-electron chi connectivity index (χ4n) is 17.7. The van der Waals surface area contributed by atoms with Gasteiger partial charge in [-0.05, 0) is 200 Å². The average Bonchev–Trinajstić information content (AvgIpc) is 1.69. The third kappa shape index (κ3) is 26.2. The number of H-pyrrole nitrogens is 4. The molecule has 20 rings (SSSR count). The van der Waals surface area contributed by atoms with E-state index in [1.165, 1.54) is 36.7 Å². The maximum atomic E-state index is 15.2. The summed E-state index contributed by atoms with van der Waals surface area (Å²) < 4.78 is 113. The molecular weight excluding hydrogens is 1940 g/mol. The number of aromatic nitrogens is 16. The van der Waals surface area contributed by atoms with Crippen LogP contribution in [0.15, 0.2) is 196 Å². The van der Waals surface area contributed by atoms with Crippen molar-refractivity contribution in [2.24, 2.45) is 0 Å². The molecular formula is C109H109Cl4F4N19O9. The molecule has 4 aromatic carbocycles. The van der Waals surface area contributed by atoms with Crippen molar-refractivity contribution in [3.8, 4) is 34.8 Å². The molecule has 16 aromatic rings. The molecule has 28 nitrogen and oxygen atoms in total. The summed E-state index contributed by atoms with van der Waals surface area (Å²) in [5, 5.41) is 34.0. The van der Waals surface area contributed by atoms with E-state index in [9.17, 15) is 0 Å². The minimum Gasteiger partial charge on any atom is -0.486 e. The Labute approximate surface area is 856 Å². The molecule has 4 aliphatic heterocycles. The highest BCUT2D eigenvalue weighted by molar-refractivity contribution is 6.32. The number of halogens is 8.